The van der Waals surface area contributed by atoms with E-state index in [0.717, 1.165) is 53.7 Å². The van der Waals surface area contributed by atoms with Crippen LogP contribution in [-0.2, 0) is 6.42 Å². The monoisotopic (exact) mass is 348 g/mol. The summed E-state index contributed by atoms with van der Waals surface area (Å²) in [7, 11) is 0. The number of aromatic amines is 1. The molecule has 130 valence electrons. The van der Waals surface area contributed by atoms with E-state index in [4.69, 9.17) is 4.98 Å². The highest BCUT2D eigenvalue weighted by atomic mass is 19.1. The quantitative estimate of drug-likeness (QED) is 0.576. The maximum Gasteiger partial charge on any atom is 0.182 e. The number of anilines is 1. The zero-order valence-corrected chi connectivity index (χ0v) is 14.0. The third-order valence-corrected chi connectivity index (χ3v) is 4.77. The van der Waals surface area contributed by atoms with E-state index in [1.807, 2.05) is 0 Å². The van der Waals surface area contributed by atoms with Crippen LogP contribution < -0.4 is 5.32 Å². The van der Waals surface area contributed by atoms with E-state index in [1.54, 1.807) is 12.4 Å². The Bertz CT molecular complexity index is 1100. The van der Waals surface area contributed by atoms with E-state index in [1.165, 1.54) is 24.0 Å². The summed E-state index contributed by atoms with van der Waals surface area (Å²) in [5.41, 5.74) is 4.52. The van der Waals surface area contributed by atoms with Gasteiger partial charge in [-0.25, -0.2) is 19.3 Å². The lowest BCUT2D eigenvalue weighted by molar-refractivity contribution is 0.629. The van der Waals surface area contributed by atoms with Crippen molar-refractivity contribution in [2.45, 2.75) is 25.2 Å². The first-order valence-electron chi connectivity index (χ1n) is 8.75. The SMILES string of the molecule is Fc1ccc2cc(CCNc3ncnc4nc[nH]c34)c(C3CC3)nc2c1. The molecular weight excluding hydrogens is 331 g/mol. The van der Waals surface area contributed by atoms with Gasteiger partial charge >= 0.3 is 0 Å². The summed E-state index contributed by atoms with van der Waals surface area (Å²) in [4.78, 5) is 20.4. The number of pyridine rings is 1. The maximum absolute atomic E-state index is 13.5. The van der Waals surface area contributed by atoms with Gasteiger partial charge in [0.1, 0.15) is 17.7 Å². The summed E-state index contributed by atoms with van der Waals surface area (Å²) < 4.78 is 13.5. The molecule has 0 radical (unpaired) electrons. The molecule has 0 saturated heterocycles. The van der Waals surface area contributed by atoms with Crippen LogP contribution in [0.4, 0.5) is 10.2 Å². The fraction of sp³-hybridized carbons (Fsp3) is 0.263. The number of nitrogens with one attached hydrogen (secondary N) is 2. The van der Waals surface area contributed by atoms with Gasteiger partial charge in [-0.15, -0.1) is 0 Å². The van der Waals surface area contributed by atoms with Crippen molar-refractivity contribution in [3.63, 3.8) is 0 Å². The number of nitrogens with zero attached hydrogens (tertiary/aromatic N) is 4. The molecule has 1 fully saturated rings. The molecule has 1 aromatic carbocycles. The minimum atomic E-state index is -0.242. The number of H-pyrrole nitrogens is 1. The number of benzene rings is 1. The molecule has 3 aromatic heterocycles. The second-order valence-electron chi connectivity index (χ2n) is 6.64. The average Bonchev–Trinajstić information content (AvgIpc) is 3.38. The molecule has 0 bridgehead atoms. The molecule has 0 unspecified atom stereocenters. The summed E-state index contributed by atoms with van der Waals surface area (Å²) in [5, 5.41) is 4.33. The lowest BCUT2D eigenvalue weighted by atomic mass is 10.0. The Morgan fingerprint density at radius 1 is 1.15 bits per heavy atom. The highest BCUT2D eigenvalue weighted by Gasteiger charge is 2.27. The van der Waals surface area contributed by atoms with Gasteiger partial charge in [-0.3, -0.25) is 4.98 Å². The minimum absolute atomic E-state index is 0.242. The van der Waals surface area contributed by atoms with E-state index < -0.39 is 0 Å². The van der Waals surface area contributed by atoms with Crippen LogP contribution in [0.3, 0.4) is 0 Å². The molecule has 2 N–H and O–H groups in total. The molecular formula is C19H17FN6. The van der Waals surface area contributed by atoms with Crippen LogP contribution in [0.1, 0.15) is 30.0 Å². The van der Waals surface area contributed by atoms with Crippen LogP contribution in [0, 0.1) is 5.82 Å². The molecule has 0 aliphatic heterocycles. The van der Waals surface area contributed by atoms with Crippen LogP contribution in [0.25, 0.3) is 22.1 Å². The Morgan fingerprint density at radius 3 is 2.96 bits per heavy atom. The number of fused-ring (bicyclic) bond motifs is 2. The Labute approximate surface area is 148 Å². The van der Waals surface area contributed by atoms with E-state index >= 15 is 0 Å². The molecule has 0 amide bonds. The van der Waals surface area contributed by atoms with Crippen LogP contribution >= 0.6 is 0 Å². The van der Waals surface area contributed by atoms with Crippen molar-refractivity contribution in [1.82, 2.24) is 24.9 Å². The first kappa shape index (κ1) is 15.2. The molecule has 4 aromatic rings. The molecule has 6 nitrogen and oxygen atoms in total. The first-order chi connectivity index (χ1) is 12.8. The van der Waals surface area contributed by atoms with Gasteiger partial charge in [0.25, 0.3) is 0 Å². The molecule has 1 saturated carbocycles. The highest BCUT2D eigenvalue weighted by molar-refractivity contribution is 5.82. The second kappa shape index (κ2) is 6.01. The predicted molar refractivity (Wildman–Crippen MR) is 97.6 cm³/mol. The van der Waals surface area contributed by atoms with Gasteiger partial charge in [-0.2, -0.15) is 0 Å². The Balaban J connectivity index is 1.41. The zero-order valence-electron chi connectivity index (χ0n) is 14.0. The van der Waals surface area contributed by atoms with Gasteiger partial charge in [0.05, 0.1) is 11.8 Å². The average molecular weight is 348 g/mol. The van der Waals surface area contributed by atoms with Crippen molar-refractivity contribution in [3.05, 3.63) is 54.0 Å². The highest BCUT2D eigenvalue weighted by Crippen LogP contribution is 2.41. The van der Waals surface area contributed by atoms with Gasteiger partial charge in [-0.1, -0.05) is 0 Å². The number of halogens is 1. The van der Waals surface area contributed by atoms with E-state index in [-0.39, 0.29) is 5.82 Å². The van der Waals surface area contributed by atoms with Crippen LogP contribution in [0.5, 0.6) is 0 Å². The third kappa shape index (κ3) is 2.75. The van der Waals surface area contributed by atoms with Crippen molar-refractivity contribution in [2.24, 2.45) is 0 Å². The van der Waals surface area contributed by atoms with Crippen molar-refractivity contribution < 1.29 is 4.39 Å². The Hall–Kier alpha value is -3.09. The number of hydrogen-bond acceptors (Lipinski definition) is 5. The molecule has 3 heterocycles. The fourth-order valence-corrected chi connectivity index (χ4v) is 3.32. The summed E-state index contributed by atoms with van der Waals surface area (Å²) in [6.45, 7) is 0.721. The summed E-state index contributed by atoms with van der Waals surface area (Å²) in [6.07, 6.45) is 6.27. The van der Waals surface area contributed by atoms with Crippen molar-refractivity contribution >= 4 is 27.9 Å². The number of imidazole rings is 1. The minimum Gasteiger partial charge on any atom is -0.368 e. The normalized spacial score (nSPS) is 14.2. The molecule has 5 rings (SSSR count). The smallest absolute Gasteiger partial charge is 0.182 e. The van der Waals surface area contributed by atoms with Crippen molar-refractivity contribution in [1.29, 1.82) is 0 Å². The standard InChI is InChI=1S/C19H17FN6/c20-14-4-3-12-7-13(16(11-1-2-11)26-15(12)8-14)5-6-21-18-17-19(23-9-22-17)25-10-24-18/h3-4,7-11H,1-2,5-6H2,(H2,21,22,23,24,25). The van der Waals surface area contributed by atoms with Gasteiger partial charge < -0.3 is 10.3 Å². The molecule has 1 aliphatic carbocycles. The van der Waals surface area contributed by atoms with Crippen LogP contribution in [0.15, 0.2) is 36.9 Å². The van der Waals surface area contributed by atoms with Gasteiger partial charge in [-0.05, 0) is 43.0 Å². The Morgan fingerprint density at radius 2 is 2.08 bits per heavy atom. The molecule has 0 spiro atoms. The number of hydrogen-bond donors (Lipinski definition) is 2. The summed E-state index contributed by atoms with van der Waals surface area (Å²) in [6, 6.07) is 6.94. The topological polar surface area (TPSA) is 79.4 Å². The van der Waals surface area contributed by atoms with Gasteiger partial charge in [0, 0.05) is 29.6 Å². The molecule has 7 heteroatoms. The first-order valence-corrected chi connectivity index (χ1v) is 8.75. The zero-order chi connectivity index (χ0) is 17.5. The molecule has 26 heavy (non-hydrogen) atoms. The van der Waals surface area contributed by atoms with Crippen molar-refractivity contribution in [2.75, 3.05) is 11.9 Å². The lowest BCUT2D eigenvalue weighted by Crippen LogP contribution is -2.09. The van der Waals surface area contributed by atoms with Crippen molar-refractivity contribution in [3.8, 4) is 0 Å². The van der Waals surface area contributed by atoms with E-state index in [2.05, 4.69) is 31.3 Å². The van der Waals surface area contributed by atoms with Crippen LogP contribution in [-0.4, -0.2) is 31.5 Å². The van der Waals surface area contributed by atoms with Crippen LogP contribution in [0.2, 0.25) is 0 Å². The number of aromatic nitrogens is 5. The lowest BCUT2D eigenvalue weighted by Gasteiger charge is -2.11. The van der Waals surface area contributed by atoms with E-state index in [9.17, 15) is 4.39 Å². The second-order valence-corrected chi connectivity index (χ2v) is 6.64. The fourth-order valence-electron chi connectivity index (χ4n) is 3.32. The largest absolute Gasteiger partial charge is 0.368 e. The molecule has 1 aliphatic rings. The van der Waals surface area contributed by atoms with Gasteiger partial charge in [0.2, 0.25) is 0 Å². The third-order valence-electron chi connectivity index (χ3n) is 4.77. The van der Waals surface area contributed by atoms with Gasteiger partial charge in [0.15, 0.2) is 11.5 Å². The molecule has 0 atom stereocenters. The Kier molecular flexibility index (Phi) is 3.51. The maximum atomic E-state index is 13.5. The predicted octanol–water partition coefficient (Wildman–Crippen LogP) is 3.57. The number of rotatable bonds is 5. The summed E-state index contributed by atoms with van der Waals surface area (Å²) >= 11 is 0. The van der Waals surface area contributed by atoms with E-state index in [0.29, 0.717) is 11.6 Å². The summed E-state index contributed by atoms with van der Waals surface area (Å²) in [5.74, 6) is 1.01.